The fraction of sp³-hybridized carbons (Fsp3) is 0.533. The van der Waals surface area contributed by atoms with Gasteiger partial charge in [-0.05, 0) is 25.0 Å². The zero-order valence-electron chi connectivity index (χ0n) is 12.5. The molecule has 0 amide bonds. The van der Waals surface area contributed by atoms with Gasteiger partial charge in [-0.25, -0.2) is 17.7 Å². The Bertz CT molecular complexity index is 759. The molecule has 1 aromatic carbocycles. The second-order valence-electron chi connectivity index (χ2n) is 6.26. The third-order valence-corrected chi connectivity index (χ3v) is 7.83. The summed E-state index contributed by atoms with van der Waals surface area (Å²) in [5, 5.41) is 0.933. The van der Waals surface area contributed by atoms with E-state index < -0.39 is 10.0 Å². The Kier molecular flexibility index (Phi) is 3.39. The number of nitrogens with zero attached hydrogens (tertiary/aromatic N) is 3. The van der Waals surface area contributed by atoms with E-state index in [0.717, 1.165) is 36.6 Å². The van der Waals surface area contributed by atoms with E-state index in [1.807, 2.05) is 18.2 Å². The van der Waals surface area contributed by atoms with Gasteiger partial charge in [0.1, 0.15) is 0 Å². The SMILES string of the molecule is CN(CC1CN(c2nc3ccccc3s2)C1)S(=O)(=O)C1CC1. The van der Waals surface area contributed by atoms with Crippen LogP contribution in [-0.4, -0.2) is 49.6 Å². The maximum Gasteiger partial charge on any atom is 0.216 e. The van der Waals surface area contributed by atoms with Crippen LogP contribution in [0.25, 0.3) is 10.2 Å². The van der Waals surface area contributed by atoms with Gasteiger partial charge in [-0.2, -0.15) is 0 Å². The molecule has 118 valence electrons. The lowest BCUT2D eigenvalue weighted by Gasteiger charge is -2.40. The zero-order chi connectivity index (χ0) is 15.3. The third-order valence-electron chi connectivity index (χ3n) is 4.41. The summed E-state index contributed by atoms with van der Waals surface area (Å²) in [6.45, 7) is 2.41. The van der Waals surface area contributed by atoms with Crippen LogP contribution >= 0.6 is 11.3 Å². The van der Waals surface area contributed by atoms with Gasteiger partial charge < -0.3 is 4.90 Å². The molecule has 1 aliphatic carbocycles. The maximum absolute atomic E-state index is 12.1. The van der Waals surface area contributed by atoms with Crippen molar-refractivity contribution >= 4 is 36.7 Å². The molecule has 22 heavy (non-hydrogen) atoms. The van der Waals surface area contributed by atoms with Crippen molar-refractivity contribution < 1.29 is 8.42 Å². The molecule has 1 aromatic heterocycles. The van der Waals surface area contributed by atoms with Crippen LogP contribution in [0, 0.1) is 5.92 Å². The van der Waals surface area contributed by atoms with Gasteiger partial charge in [-0.15, -0.1) is 0 Å². The molecule has 2 heterocycles. The standard InChI is InChI=1S/C15H19N3O2S2/c1-17(22(19,20)12-6-7-12)8-11-9-18(10-11)15-16-13-4-2-3-5-14(13)21-15/h2-5,11-12H,6-10H2,1H3. The van der Waals surface area contributed by atoms with Gasteiger partial charge in [0.2, 0.25) is 10.0 Å². The monoisotopic (exact) mass is 337 g/mol. The molecule has 7 heteroatoms. The molecule has 5 nitrogen and oxygen atoms in total. The summed E-state index contributed by atoms with van der Waals surface area (Å²) in [7, 11) is -1.32. The Hall–Kier alpha value is -1.18. The highest BCUT2D eigenvalue weighted by atomic mass is 32.2. The predicted octanol–water partition coefficient (Wildman–Crippen LogP) is 2.16. The summed E-state index contributed by atoms with van der Waals surface area (Å²) in [5.74, 6) is 0.408. The first-order valence-corrected chi connectivity index (χ1v) is 9.91. The number of hydrogen-bond acceptors (Lipinski definition) is 5. The minimum absolute atomic E-state index is 0.113. The number of para-hydroxylation sites is 1. The lowest BCUT2D eigenvalue weighted by atomic mass is 10.0. The normalized spacial score (nSPS) is 19.8. The number of hydrogen-bond donors (Lipinski definition) is 0. The summed E-state index contributed by atoms with van der Waals surface area (Å²) in [6.07, 6.45) is 1.66. The largest absolute Gasteiger partial charge is 0.347 e. The van der Waals surface area contributed by atoms with Crippen molar-refractivity contribution in [3.63, 3.8) is 0 Å². The Morgan fingerprint density at radius 1 is 1.32 bits per heavy atom. The van der Waals surface area contributed by atoms with Crippen LogP contribution in [0.15, 0.2) is 24.3 Å². The lowest BCUT2D eigenvalue weighted by molar-refractivity contribution is 0.327. The first kappa shape index (κ1) is 14.4. The highest BCUT2D eigenvalue weighted by Gasteiger charge is 2.40. The number of fused-ring (bicyclic) bond motifs is 1. The van der Waals surface area contributed by atoms with Crippen molar-refractivity contribution in [3.05, 3.63) is 24.3 Å². The molecule has 0 bridgehead atoms. The van der Waals surface area contributed by atoms with Crippen LogP contribution < -0.4 is 4.90 Å². The van der Waals surface area contributed by atoms with E-state index in [1.165, 1.54) is 4.70 Å². The van der Waals surface area contributed by atoms with Crippen molar-refractivity contribution in [1.29, 1.82) is 0 Å². The smallest absolute Gasteiger partial charge is 0.216 e. The second-order valence-corrected chi connectivity index (χ2v) is 9.59. The average molecular weight is 337 g/mol. The molecule has 2 aromatic rings. The molecule has 0 spiro atoms. The second kappa shape index (κ2) is 5.18. The summed E-state index contributed by atoms with van der Waals surface area (Å²) in [4.78, 5) is 6.89. The van der Waals surface area contributed by atoms with E-state index in [2.05, 4.69) is 16.0 Å². The number of anilines is 1. The summed E-state index contributed by atoms with van der Waals surface area (Å²) >= 11 is 1.71. The average Bonchev–Trinajstić information content (AvgIpc) is 3.22. The molecular formula is C15H19N3O2S2. The fourth-order valence-electron chi connectivity index (χ4n) is 2.92. The Balaban J connectivity index is 1.37. The van der Waals surface area contributed by atoms with Crippen LogP contribution in [-0.2, 0) is 10.0 Å². The van der Waals surface area contributed by atoms with E-state index in [4.69, 9.17) is 0 Å². The van der Waals surface area contributed by atoms with E-state index in [9.17, 15) is 8.42 Å². The first-order valence-electron chi connectivity index (χ1n) is 7.60. The van der Waals surface area contributed by atoms with Crippen LogP contribution in [0.3, 0.4) is 0 Å². The molecule has 4 rings (SSSR count). The predicted molar refractivity (Wildman–Crippen MR) is 89.9 cm³/mol. The van der Waals surface area contributed by atoms with Gasteiger partial charge in [0, 0.05) is 32.6 Å². The minimum atomic E-state index is -3.04. The number of benzene rings is 1. The molecule has 1 saturated carbocycles. The van der Waals surface area contributed by atoms with Crippen molar-refractivity contribution in [2.45, 2.75) is 18.1 Å². The van der Waals surface area contributed by atoms with Crippen LogP contribution in [0.5, 0.6) is 0 Å². The number of rotatable bonds is 5. The Morgan fingerprint density at radius 2 is 2.05 bits per heavy atom. The van der Waals surface area contributed by atoms with Gasteiger partial charge >= 0.3 is 0 Å². The molecule has 0 N–H and O–H groups in total. The lowest BCUT2D eigenvalue weighted by Crippen LogP contribution is -2.52. The van der Waals surface area contributed by atoms with Crippen LogP contribution in [0.4, 0.5) is 5.13 Å². The fourth-order valence-corrected chi connectivity index (χ4v) is 5.57. The summed E-state index contributed by atoms with van der Waals surface area (Å²) in [5.41, 5.74) is 1.04. The molecule has 2 fully saturated rings. The van der Waals surface area contributed by atoms with Gasteiger partial charge in [0.05, 0.1) is 15.5 Å². The van der Waals surface area contributed by atoms with Gasteiger partial charge in [-0.3, -0.25) is 0 Å². The van der Waals surface area contributed by atoms with Crippen LogP contribution in [0.2, 0.25) is 0 Å². The number of thiazole rings is 1. The number of aromatic nitrogens is 1. The van der Waals surface area contributed by atoms with Gasteiger partial charge in [-0.1, -0.05) is 23.5 Å². The van der Waals surface area contributed by atoms with E-state index >= 15 is 0 Å². The van der Waals surface area contributed by atoms with Crippen molar-refractivity contribution in [3.8, 4) is 0 Å². The molecule has 1 saturated heterocycles. The maximum atomic E-state index is 12.1. The minimum Gasteiger partial charge on any atom is -0.347 e. The summed E-state index contributed by atoms with van der Waals surface area (Å²) < 4.78 is 27.0. The van der Waals surface area contributed by atoms with E-state index in [0.29, 0.717) is 12.5 Å². The highest BCUT2D eigenvalue weighted by molar-refractivity contribution is 7.90. The molecule has 0 unspecified atom stereocenters. The Morgan fingerprint density at radius 3 is 2.73 bits per heavy atom. The van der Waals surface area contributed by atoms with Gasteiger partial charge in [0.15, 0.2) is 5.13 Å². The van der Waals surface area contributed by atoms with Crippen LogP contribution in [0.1, 0.15) is 12.8 Å². The number of sulfonamides is 1. The highest BCUT2D eigenvalue weighted by Crippen LogP contribution is 2.34. The quantitative estimate of drug-likeness (QED) is 0.839. The molecule has 0 radical (unpaired) electrons. The van der Waals surface area contributed by atoms with Crippen molar-refractivity contribution in [1.82, 2.24) is 9.29 Å². The van der Waals surface area contributed by atoms with Gasteiger partial charge in [0.25, 0.3) is 0 Å². The summed E-state index contributed by atoms with van der Waals surface area (Å²) in [6, 6.07) is 8.15. The third kappa shape index (κ3) is 2.51. The van der Waals surface area contributed by atoms with Crippen molar-refractivity contribution in [2.75, 3.05) is 31.6 Å². The Labute approximate surface area is 134 Å². The molecule has 1 aliphatic heterocycles. The molecule has 2 aliphatic rings. The van der Waals surface area contributed by atoms with E-state index in [-0.39, 0.29) is 5.25 Å². The molecule has 0 atom stereocenters. The zero-order valence-corrected chi connectivity index (χ0v) is 14.1. The van der Waals surface area contributed by atoms with E-state index in [1.54, 1.807) is 22.7 Å². The topological polar surface area (TPSA) is 53.5 Å². The van der Waals surface area contributed by atoms with Crippen molar-refractivity contribution in [2.24, 2.45) is 5.92 Å². The first-order chi connectivity index (χ1) is 10.5. The molecular weight excluding hydrogens is 318 g/mol.